The van der Waals surface area contributed by atoms with Crippen molar-refractivity contribution in [2.75, 3.05) is 18.0 Å². The van der Waals surface area contributed by atoms with Gasteiger partial charge in [-0.25, -0.2) is 4.98 Å². The second-order valence-corrected chi connectivity index (χ2v) is 8.71. The van der Waals surface area contributed by atoms with Gasteiger partial charge in [0.25, 0.3) is 5.89 Å². The predicted molar refractivity (Wildman–Crippen MR) is 131 cm³/mol. The Labute approximate surface area is 202 Å². The van der Waals surface area contributed by atoms with Crippen molar-refractivity contribution in [2.24, 2.45) is 5.92 Å². The number of amides is 1. The summed E-state index contributed by atoms with van der Waals surface area (Å²) >= 11 is 6.10. The van der Waals surface area contributed by atoms with Gasteiger partial charge in [-0.15, -0.1) is 0 Å². The molecule has 1 amide bonds. The molecule has 34 heavy (non-hydrogen) atoms. The van der Waals surface area contributed by atoms with Gasteiger partial charge in [-0.3, -0.25) is 4.79 Å². The lowest BCUT2D eigenvalue weighted by atomic mass is 9.95. The zero-order valence-corrected chi connectivity index (χ0v) is 19.3. The van der Waals surface area contributed by atoms with Crippen LogP contribution < -0.4 is 10.2 Å². The van der Waals surface area contributed by atoms with Gasteiger partial charge in [-0.1, -0.05) is 59.2 Å². The van der Waals surface area contributed by atoms with Gasteiger partial charge in [-0.05, 0) is 42.7 Å². The van der Waals surface area contributed by atoms with E-state index in [2.05, 4.69) is 25.3 Å². The Kier molecular flexibility index (Phi) is 6.53. The van der Waals surface area contributed by atoms with E-state index in [1.54, 1.807) is 18.3 Å². The summed E-state index contributed by atoms with van der Waals surface area (Å²) in [7, 11) is 0. The third-order valence-corrected chi connectivity index (χ3v) is 6.24. The predicted octanol–water partition coefficient (Wildman–Crippen LogP) is 4.98. The summed E-state index contributed by atoms with van der Waals surface area (Å²) in [6.45, 7) is 2.00. The molecule has 8 heteroatoms. The van der Waals surface area contributed by atoms with Crippen LogP contribution in [0.5, 0.6) is 0 Å². The molecule has 5 rings (SSSR count). The summed E-state index contributed by atoms with van der Waals surface area (Å²) in [5, 5.41) is 7.81. The van der Waals surface area contributed by atoms with Gasteiger partial charge in [0.15, 0.2) is 0 Å². The number of carbonyl (C=O) groups excluding carboxylic acids is 1. The summed E-state index contributed by atoms with van der Waals surface area (Å²) in [4.78, 5) is 24.0. The minimum absolute atomic E-state index is 0.00930. The van der Waals surface area contributed by atoms with Crippen LogP contribution in [0.3, 0.4) is 0 Å². The van der Waals surface area contributed by atoms with Crippen LogP contribution in [0.25, 0.3) is 22.8 Å². The lowest BCUT2D eigenvalue weighted by molar-refractivity contribution is -0.125. The highest BCUT2D eigenvalue weighted by Gasteiger charge is 2.27. The van der Waals surface area contributed by atoms with Gasteiger partial charge in [0.05, 0.1) is 5.56 Å². The maximum atomic E-state index is 12.7. The Bertz CT molecular complexity index is 1270. The minimum Gasteiger partial charge on any atom is -0.356 e. The molecule has 1 fully saturated rings. The molecule has 0 aliphatic carbocycles. The molecule has 172 valence electrons. The van der Waals surface area contributed by atoms with Crippen molar-refractivity contribution in [1.82, 2.24) is 20.4 Å². The highest BCUT2D eigenvalue weighted by atomic mass is 35.5. The van der Waals surface area contributed by atoms with Crippen LogP contribution >= 0.6 is 11.6 Å². The summed E-state index contributed by atoms with van der Waals surface area (Å²) < 4.78 is 5.57. The molecule has 4 aromatic rings. The van der Waals surface area contributed by atoms with E-state index in [1.165, 1.54) is 0 Å². The molecule has 0 atom stereocenters. The fourth-order valence-corrected chi connectivity index (χ4v) is 4.37. The summed E-state index contributed by atoms with van der Waals surface area (Å²) in [5.41, 5.74) is 2.66. The highest BCUT2D eigenvalue weighted by molar-refractivity contribution is 6.30. The molecule has 2 aromatic heterocycles. The van der Waals surface area contributed by atoms with Crippen LogP contribution in [-0.4, -0.2) is 34.1 Å². The van der Waals surface area contributed by atoms with Gasteiger partial charge >= 0.3 is 0 Å². The smallest absolute Gasteiger partial charge is 0.261 e. The Morgan fingerprint density at radius 3 is 2.68 bits per heavy atom. The standard InChI is InChI=1S/C26H24ClN5O2/c27-21-9-4-8-20(16-21)23-30-26(34-31-23)22-10-5-13-28-24(22)32-14-11-19(12-15-32)25(33)29-17-18-6-2-1-3-7-18/h1-10,13,16,19H,11-12,14-15,17H2,(H,29,33). The average molecular weight is 474 g/mol. The van der Waals surface area contributed by atoms with E-state index in [0.29, 0.717) is 23.3 Å². The van der Waals surface area contributed by atoms with E-state index < -0.39 is 0 Å². The molecule has 0 radical (unpaired) electrons. The number of piperidine rings is 1. The maximum Gasteiger partial charge on any atom is 0.261 e. The molecule has 0 bridgehead atoms. The van der Waals surface area contributed by atoms with Gasteiger partial charge < -0.3 is 14.7 Å². The quantitative estimate of drug-likeness (QED) is 0.425. The Balaban J connectivity index is 1.25. The molecule has 7 nitrogen and oxygen atoms in total. The fraction of sp³-hybridized carbons (Fsp3) is 0.231. The Morgan fingerprint density at radius 2 is 1.88 bits per heavy atom. The van der Waals surface area contributed by atoms with E-state index in [4.69, 9.17) is 16.1 Å². The number of anilines is 1. The minimum atomic E-state index is -0.00930. The number of aromatic nitrogens is 3. The lowest BCUT2D eigenvalue weighted by Gasteiger charge is -2.32. The van der Waals surface area contributed by atoms with E-state index in [0.717, 1.165) is 48.4 Å². The van der Waals surface area contributed by atoms with Gasteiger partial charge in [0, 0.05) is 42.3 Å². The fourth-order valence-electron chi connectivity index (χ4n) is 4.18. The number of pyridine rings is 1. The first-order valence-electron chi connectivity index (χ1n) is 11.3. The van der Waals surface area contributed by atoms with Crippen molar-refractivity contribution in [3.8, 4) is 22.8 Å². The number of hydrogen-bond donors (Lipinski definition) is 1. The van der Waals surface area contributed by atoms with E-state index in [9.17, 15) is 4.79 Å². The zero-order valence-electron chi connectivity index (χ0n) is 18.5. The van der Waals surface area contributed by atoms with Gasteiger partial charge in [0.2, 0.25) is 11.7 Å². The van der Waals surface area contributed by atoms with Crippen LogP contribution in [-0.2, 0) is 11.3 Å². The van der Waals surface area contributed by atoms with Crippen molar-refractivity contribution in [3.63, 3.8) is 0 Å². The van der Waals surface area contributed by atoms with Crippen LogP contribution in [0.4, 0.5) is 5.82 Å². The molecule has 2 aromatic carbocycles. The molecule has 1 aliphatic rings. The second-order valence-electron chi connectivity index (χ2n) is 8.27. The van der Waals surface area contributed by atoms with E-state index >= 15 is 0 Å². The molecule has 0 unspecified atom stereocenters. The molecular formula is C26H24ClN5O2. The Hall–Kier alpha value is -3.71. The highest BCUT2D eigenvalue weighted by Crippen LogP contribution is 2.32. The molecule has 0 saturated carbocycles. The van der Waals surface area contributed by atoms with Crippen LogP contribution in [0.2, 0.25) is 5.02 Å². The number of benzene rings is 2. The third kappa shape index (κ3) is 4.94. The normalized spacial score (nSPS) is 14.2. The number of hydrogen-bond acceptors (Lipinski definition) is 6. The SMILES string of the molecule is O=C(NCc1ccccc1)C1CCN(c2ncccc2-c2nc(-c3cccc(Cl)c3)no2)CC1. The van der Waals surface area contributed by atoms with Crippen LogP contribution in [0.15, 0.2) is 77.4 Å². The molecular weight excluding hydrogens is 450 g/mol. The number of nitrogens with one attached hydrogen (secondary N) is 1. The maximum absolute atomic E-state index is 12.7. The van der Waals surface area contributed by atoms with Crippen molar-refractivity contribution in [1.29, 1.82) is 0 Å². The first kappa shape index (κ1) is 22.1. The largest absolute Gasteiger partial charge is 0.356 e. The van der Waals surface area contributed by atoms with E-state index in [-0.39, 0.29) is 11.8 Å². The van der Waals surface area contributed by atoms with Gasteiger partial charge in [-0.2, -0.15) is 4.98 Å². The summed E-state index contributed by atoms with van der Waals surface area (Å²) in [6, 6.07) is 21.1. The second kappa shape index (κ2) is 10.1. The summed E-state index contributed by atoms with van der Waals surface area (Å²) in [6.07, 6.45) is 3.27. The molecule has 1 saturated heterocycles. The number of nitrogens with zero attached hydrogens (tertiary/aromatic N) is 4. The van der Waals surface area contributed by atoms with Crippen LogP contribution in [0.1, 0.15) is 18.4 Å². The first-order chi connectivity index (χ1) is 16.7. The Morgan fingerprint density at radius 1 is 1.06 bits per heavy atom. The lowest BCUT2D eigenvalue weighted by Crippen LogP contribution is -2.40. The average Bonchev–Trinajstić information content (AvgIpc) is 3.38. The zero-order chi connectivity index (χ0) is 23.3. The van der Waals surface area contributed by atoms with Crippen molar-refractivity contribution in [3.05, 3.63) is 83.5 Å². The van der Waals surface area contributed by atoms with Crippen LogP contribution in [0, 0.1) is 5.92 Å². The summed E-state index contributed by atoms with van der Waals surface area (Å²) in [5.74, 6) is 1.76. The molecule has 0 spiro atoms. The van der Waals surface area contributed by atoms with Crippen molar-refractivity contribution < 1.29 is 9.32 Å². The molecule has 1 aliphatic heterocycles. The molecule has 1 N–H and O–H groups in total. The number of halogens is 1. The van der Waals surface area contributed by atoms with Crippen molar-refractivity contribution >= 4 is 23.3 Å². The topological polar surface area (TPSA) is 84.2 Å². The number of rotatable bonds is 6. The van der Waals surface area contributed by atoms with E-state index in [1.807, 2.05) is 54.6 Å². The number of carbonyl (C=O) groups is 1. The third-order valence-electron chi connectivity index (χ3n) is 6.00. The molecule has 3 heterocycles. The van der Waals surface area contributed by atoms with Gasteiger partial charge in [0.1, 0.15) is 5.82 Å². The van der Waals surface area contributed by atoms with Crippen molar-refractivity contribution in [2.45, 2.75) is 19.4 Å². The first-order valence-corrected chi connectivity index (χ1v) is 11.7. The monoisotopic (exact) mass is 473 g/mol.